The van der Waals surface area contributed by atoms with Gasteiger partial charge in [0.1, 0.15) is 18.3 Å². The lowest BCUT2D eigenvalue weighted by atomic mass is 9.79. The van der Waals surface area contributed by atoms with Gasteiger partial charge in [-0.05, 0) is 38.5 Å². The van der Waals surface area contributed by atoms with Crippen molar-refractivity contribution in [2.75, 3.05) is 14.1 Å². The molecule has 0 spiro atoms. The maximum absolute atomic E-state index is 12.9. The molecule has 1 unspecified atom stereocenters. The van der Waals surface area contributed by atoms with Gasteiger partial charge < -0.3 is 18.9 Å². The highest BCUT2D eigenvalue weighted by Crippen LogP contribution is 2.51. The quantitative estimate of drug-likeness (QED) is 0.393. The van der Waals surface area contributed by atoms with Crippen molar-refractivity contribution in [1.29, 1.82) is 0 Å². The molecule has 8 nitrogen and oxygen atoms in total. The van der Waals surface area contributed by atoms with Crippen LogP contribution in [0.4, 0.5) is 0 Å². The number of carbonyl (C=O) groups is 3. The number of fused-ring (bicyclic) bond motifs is 4. The molecule has 8 atom stereocenters. The monoisotopic (exact) mass is 447 g/mol. The number of rotatable bonds is 3. The summed E-state index contributed by atoms with van der Waals surface area (Å²) < 4.78 is 23.4. The van der Waals surface area contributed by atoms with Crippen LogP contribution in [0.2, 0.25) is 0 Å². The molecule has 5 rings (SSSR count). The number of carbonyl (C=O) groups excluding carboxylic acids is 3. The first kappa shape index (κ1) is 20.7. The first-order chi connectivity index (χ1) is 14.7. The Kier molecular flexibility index (Phi) is 4.76. The van der Waals surface area contributed by atoms with E-state index in [2.05, 4.69) is 0 Å². The molecule has 2 saturated heterocycles. The fourth-order valence-electron chi connectivity index (χ4n) is 5.22. The van der Waals surface area contributed by atoms with Crippen LogP contribution in [0.3, 0.4) is 0 Å². The van der Waals surface area contributed by atoms with Gasteiger partial charge in [0.15, 0.2) is 6.10 Å². The molecule has 1 aromatic heterocycles. The normalized spacial score (nSPS) is 41.1. The molecule has 4 heterocycles. The number of thiophene rings is 1. The summed E-state index contributed by atoms with van der Waals surface area (Å²) in [5, 5.41) is 3.53. The maximum Gasteiger partial charge on any atom is 0.339 e. The van der Waals surface area contributed by atoms with E-state index in [1.807, 2.05) is 31.3 Å². The average molecular weight is 448 g/mol. The van der Waals surface area contributed by atoms with Gasteiger partial charge in [-0.1, -0.05) is 6.92 Å². The molecule has 2 bridgehead atoms. The van der Waals surface area contributed by atoms with E-state index in [-0.39, 0.29) is 17.8 Å². The van der Waals surface area contributed by atoms with Crippen LogP contribution in [0.15, 0.2) is 28.5 Å². The zero-order chi connectivity index (χ0) is 22.1. The van der Waals surface area contributed by atoms with Crippen molar-refractivity contribution in [2.24, 2.45) is 11.8 Å². The standard InChI is InChI=1S/C22H25NO7S/c1-10-15-13-7-12(21(26)27-13)16(23(3)4)17(29-20(25)11-5-6-31-9-11)18-22(2,30-18)8-14(15)28-19(10)24/h5-7,9-10,13-18H,8H2,1-4H3/t10?,13-,14+,15+,16+,17-,18+,22+/m1/s1. The summed E-state index contributed by atoms with van der Waals surface area (Å²) in [6.07, 6.45) is 0.0557. The molecule has 9 heteroatoms. The summed E-state index contributed by atoms with van der Waals surface area (Å²) in [5.74, 6) is -1.88. The lowest BCUT2D eigenvalue weighted by Gasteiger charge is -2.32. The molecule has 166 valence electrons. The molecule has 0 aromatic carbocycles. The van der Waals surface area contributed by atoms with Crippen molar-refractivity contribution >= 4 is 29.2 Å². The van der Waals surface area contributed by atoms with Crippen molar-refractivity contribution in [2.45, 2.75) is 56.3 Å². The third-order valence-electron chi connectivity index (χ3n) is 6.88. The van der Waals surface area contributed by atoms with Crippen molar-refractivity contribution in [3.05, 3.63) is 34.0 Å². The van der Waals surface area contributed by atoms with E-state index in [4.69, 9.17) is 18.9 Å². The summed E-state index contributed by atoms with van der Waals surface area (Å²) in [7, 11) is 3.66. The summed E-state index contributed by atoms with van der Waals surface area (Å²) >= 11 is 1.41. The lowest BCUT2D eigenvalue weighted by molar-refractivity contribution is -0.144. The van der Waals surface area contributed by atoms with Gasteiger partial charge in [-0.3, -0.25) is 9.69 Å². The van der Waals surface area contributed by atoms with Crippen LogP contribution < -0.4 is 0 Å². The number of hydrogen-bond acceptors (Lipinski definition) is 9. The summed E-state index contributed by atoms with van der Waals surface area (Å²) in [6.45, 7) is 3.74. The van der Waals surface area contributed by atoms with E-state index in [0.717, 1.165) is 0 Å². The largest absolute Gasteiger partial charge is 0.462 e. The maximum atomic E-state index is 12.9. The van der Waals surface area contributed by atoms with Crippen LogP contribution in [-0.4, -0.2) is 73.0 Å². The molecular formula is C22H25NO7S. The number of hydrogen-bond donors (Lipinski definition) is 0. The molecular weight excluding hydrogens is 422 g/mol. The third kappa shape index (κ3) is 3.30. The smallest absolute Gasteiger partial charge is 0.339 e. The minimum absolute atomic E-state index is 0.275. The number of likely N-dealkylation sites (N-methyl/N-ethyl adjacent to an activating group) is 1. The van der Waals surface area contributed by atoms with Crippen molar-refractivity contribution in [3.63, 3.8) is 0 Å². The second-order valence-electron chi connectivity index (χ2n) is 9.18. The van der Waals surface area contributed by atoms with Crippen LogP contribution in [0.1, 0.15) is 30.6 Å². The highest BCUT2D eigenvalue weighted by molar-refractivity contribution is 7.08. The van der Waals surface area contributed by atoms with Gasteiger partial charge in [0, 0.05) is 17.7 Å². The first-order valence-corrected chi connectivity index (χ1v) is 11.3. The minimum atomic E-state index is -0.726. The molecule has 0 amide bonds. The Balaban J connectivity index is 1.56. The molecule has 1 aromatic rings. The average Bonchev–Trinajstić information content (AvgIpc) is 3.08. The van der Waals surface area contributed by atoms with Crippen LogP contribution in [0, 0.1) is 11.8 Å². The highest BCUT2D eigenvalue weighted by atomic mass is 32.1. The Bertz CT molecular complexity index is 957. The Hall–Kier alpha value is -2.23. The molecule has 3 aliphatic heterocycles. The second-order valence-corrected chi connectivity index (χ2v) is 9.96. The molecule has 4 aliphatic rings. The molecule has 0 radical (unpaired) electrons. The van der Waals surface area contributed by atoms with Gasteiger partial charge in [-0.2, -0.15) is 11.3 Å². The van der Waals surface area contributed by atoms with Crippen LogP contribution in [0.5, 0.6) is 0 Å². The fraction of sp³-hybridized carbons (Fsp3) is 0.591. The number of esters is 3. The summed E-state index contributed by atoms with van der Waals surface area (Å²) in [4.78, 5) is 39.9. The molecule has 1 aliphatic carbocycles. The first-order valence-electron chi connectivity index (χ1n) is 10.4. The minimum Gasteiger partial charge on any atom is -0.462 e. The molecule has 0 N–H and O–H groups in total. The van der Waals surface area contributed by atoms with Gasteiger partial charge in [-0.15, -0.1) is 0 Å². The third-order valence-corrected chi connectivity index (χ3v) is 7.56. The molecule has 31 heavy (non-hydrogen) atoms. The van der Waals surface area contributed by atoms with E-state index in [1.54, 1.807) is 24.4 Å². The topological polar surface area (TPSA) is 94.7 Å². The predicted molar refractivity (Wildman–Crippen MR) is 109 cm³/mol. The van der Waals surface area contributed by atoms with Gasteiger partial charge >= 0.3 is 17.9 Å². The zero-order valence-electron chi connectivity index (χ0n) is 17.8. The van der Waals surface area contributed by atoms with Gasteiger partial charge in [0.2, 0.25) is 0 Å². The summed E-state index contributed by atoms with van der Waals surface area (Å²) in [5.41, 5.74) is 0.242. The SMILES string of the molecule is CC1C(=O)O[C@H]2C[C@]3(C)O[C@H]3[C@H](OC(=O)c3ccsc3)[C@@H](N(C)C)C3=C[C@@H](OC3=O)[C@H]12. The second kappa shape index (κ2) is 7.15. The molecule has 0 saturated carbocycles. The number of nitrogens with zero attached hydrogens (tertiary/aromatic N) is 1. The van der Waals surface area contributed by atoms with Crippen LogP contribution in [-0.2, 0) is 28.5 Å². The Labute approximate surface area is 184 Å². The highest BCUT2D eigenvalue weighted by Gasteiger charge is 2.65. The van der Waals surface area contributed by atoms with E-state index >= 15 is 0 Å². The van der Waals surface area contributed by atoms with E-state index in [0.29, 0.717) is 17.6 Å². The number of epoxide rings is 1. The van der Waals surface area contributed by atoms with E-state index in [1.165, 1.54) is 11.3 Å². The zero-order valence-corrected chi connectivity index (χ0v) is 18.6. The van der Waals surface area contributed by atoms with Crippen molar-refractivity contribution in [1.82, 2.24) is 4.90 Å². The fourth-order valence-corrected chi connectivity index (χ4v) is 5.84. The van der Waals surface area contributed by atoms with E-state index < -0.39 is 48.0 Å². The lowest BCUT2D eigenvalue weighted by Crippen LogP contribution is -2.49. The van der Waals surface area contributed by atoms with Gasteiger partial charge in [0.25, 0.3) is 0 Å². The Morgan fingerprint density at radius 1 is 1.29 bits per heavy atom. The Morgan fingerprint density at radius 2 is 2.06 bits per heavy atom. The number of ether oxygens (including phenoxy) is 4. The van der Waals surface area contributed by atoms with E-state index in [9.17, 15) is 14.4 Å². The Morgan fingerprint density at radius 3 is 2.74 bits per heavy atom. The van der Waals surface area contributed by atoms with Crippen LogP contribution in [0.25, 0.3) is 0 Å². The predicted octanol–water partition coefficient (Wildman–Crippen LogP) is 1.79. The van der Waals surface area contributed by atoms with Crippen molar-refractivity contribution in [3.8, 4) is 0 Å². The van der Waals surface area contributed by atoms with Crippen molar-refractivity contribution < 1.29 is 33.3 Å². The van der Waals surface area contributed by atoms with Gasteiger partial charge in [0.05, 0.1) is 28.7 Å². The summed E-state index contributed by atoms with van der Waals surface area (Å²) in [6, 6.07) is 1.16. The van der Waals surface area contributed by atoms with Gasteiger partial charge in [-0.25, -0.2) is 9.59 Å². The van der Waals surface area contributed by atoms with Crippen LogP contribution >= 0.6 is 11.3 Å². The molecule has 2 fully saturated rings.